The summed E-state index contributed by atoms with van der Waals surface area (Å²) in [7, 11) is 0. The highest BCUT2D eigenvalue weighted by Crippen LogP contribution is 2.44. The molecule has 1 unspecified atom stereocenters. The quantitative estimate of drug-likeness (QED) is 0.844. The Balaban J connectivity index is 2.11. The molecule has 1 heterocycles. The molecule has 3 rings (SSSR count). The Kier molecular flexibility index (Phi) is 3.22. The number of nitrogens with zero attached hydrogens (tertiary/aromatic N) is 1. The molecule has 0 saturated heterocycles. The van der Waals surface area contributed by atoms with E-state index in [9.17, 15) is 0 Å². The largest absolute Gasteiger partial charge is 0.323 e. The van der Waals surface area contributed by atoms with Gasteiger partial charge in [0.2, 0.25) is 0 Å². The molecule has 1 aliphatic carbocycles. The normalized spacial score (nSPS) is 20.8. The van der Waals surface area contributed by atoms with Gasteiger partial charge in [-0.25, -0.2) is 4.98 Å². The van der Waals surface area contributed by atoms with Crippen molar-refractivity contribution < 1.29 is 0 Å². The van der Waals surface area contributed by atoms with Gasteiger partial charge in [0, 0.05) is 16.5 Å². The number of aromatic nitrogens is 1. The van der Waals surface area contributed by atoms with E-state index in [2.05, 4.69) is 45.9 Å². The molecule has 2 aromatic rings. The predicted octanol–water partition coefficient (Wildman–Crippen LogP) is 4.40. The van der Waals surface area contributed by atoms with E-state index in [-0.39, 0.29) is 11.5 Å². The highest BCUT2D eigenvalue weighted by atomic mass is 32.1. The molecular formula is C17H22N2S. The van der Waals surface area contributed by atoms with Crippen molar-refractivity contribution in [3.63, 3.8) is 0 Å². The number of rotatable bonds is 1. The summed E-state index contributed by atoms with van der Waals surface area (Å²) in [6, 6.07) is 6.57. The average molecular weight is 286 g/mol. The van der Waals surface area contributed by atoms with Crippen LogP contribution in [0, 0.1) is 19.3 Å². The lowest BCUT2D eigenvalue weighted by Gasteiger charge is -2.32. The minimum atomic E-state index is 0.143. The molecule has 0 radical (unpaired) electrons. The fourth-order valence-electron chi connectivity index (χ4n) is 3.25. The Morgan fingerprint density at radius 1 is 1.25 bits per heavy atom. The number of nitrogens with two attached hydrogens (primary N) is 1. The maximum absolute atomic E-state index is 6.36. The summed E-state index contributed by atoms with van der Waals surface area (Å²) in [5.74, 6) is 0. The third-order valence-corrected chi connectivity index (χ3v) is 5.42. The van der Waals surface area contributed by atoms with Gasteiger partial charge in [-0.1, -0.05) is 32.0 Å². The van der Waals surface area contributed by atoms with Crippen molar-refractivity contribution in [1.29, 1.82) is 0 Å². The SMILES string of the molecule is Cc1cccc(C)c1-c1nc2c(s1)C(N)CC(C)(C)C2. The van der Waals surface area contributed by atoms with Crippen LogP contribution in [0.1, 0.15) is 48.0 Å². The lowest BCUT2D eigenvalue weighted by molar-refractivity contribution is 0.282. The zero-order valence-electron chi connectivity index (χ0n) is 12.7. The molecule has 20 heavy (non-hydrogen) atoms. The molecule has 0 amide bonds. The second-order valence-electron chi connectivity index (χ2n) is 6.75. The van der Waals surface area contributed by atoms with Crippen LogP contribution in [-0.4, -0.2) is 4.98 Å². The molecule has 2 N–H and O–H groups in total. The second-order valence-corrected chi connectivity index (χ2v) is 7.78. The molecule has 1 aliphatic rings. The van der Waals surface area contributed by atoms with Crippen molar-refractivity contribution in [2.24, 2.45) is 11.1 Å². The zero-order chi connectivity index (χ0) is 14.5. The number of aryl methyl sites for hydroxylation is 2. The first-order valence-corrected chi connectivity index (χ1v) is 8.01. The molecule has 0 fully saturated rings. The van der Waals surface area contributed by atoms with Crippen LogP contribution in [0.3, 0.4) is 0 Å². The van der Waals surface area contributed by atoms with Crippen LogP contribution in [0.5, 0.6) is 0 Å². The molecule has 3 heteroatoms. The Hall–Kier alpha value is -1.19. The first kappa shape index (κ1) is 13.8. The van der Waals surface area contributed by atoms with Crippen molar-refractivity contribution in [1.82, 2.24) is 4.98 Å². The van der Waals surface area contributed by atoms with E-state index in [4.69, 9.17) is 10.7 Å². The van der Waals surface area contributed by atoms with E-state index in [1.54, 1.807) is 11.3 Å². The monoisotopic (exact) mass is 286 g/mol. The van der Waals surface area contributed by atoms with Crippen molar-refractivity contribution in [3.8, 4) is 10.6 Å². The number of hydrogen-bond donors (Lipinski definition) is 1. The van der Waals surface area contributed by atoms with Gasteiger partial charge in [0.15, 0.2) is 0 Å². The van der Waals surface area contributed by atoms with Crippen LogP contribution in [0.4, 0.5) is 0 Å². The third-order valence-electron chi connectivity index (χ3n) is 4.18. The molecule has 1 aromatic carbocycles. The molecule has 106 valence electrons. The van der Waals surface area contributed by atoms with Crippen LogP contribution < -0.4 is 5.73 Å². The highest BCUT2D eigenvalue weighted by Gasteiger charge is 2.33. The molecule has 0 aliphatic heterocycles. The summed E-state index contributed by atoms with van der Waals surface area (Å²) in [6.07, 6.45) is 2.09. The fourth-order valence-corrected chi connectivity index (χ4v) is 4.51. The Morgan fingerprint density at radius 2 is 1.90 bits per heavy atom. The van der Waals surface area contributed by atoms with Crippen LogP contribution >= 0.6 is 11.3 Å². The zero-order valence-corrected chi connectivity index (χ0v) is 13.5. The van der Waals surface area contributed by atoms with E-state index in [1.165, 1.54) is 27.3 Å². The molecule has 1 atom stereocenters. The average Bonchev–Trinajstić information content (AvgIpc) is 2.70. The summed E-state index contributed by atoms with van der Waals surface area (Å²) in [5, 5.41) is 1.14. The molecule has 2 nitrogen and oxygen atoms in total. The number of fused-ring (bicyclic) bond motifs is 1. The maximum Gasteiger partial charge on any atom is 0.124 e. The standard InChI is InChI=1S/C17H22N2S/c1-10-6-5-7-11(2)14(10)16-19-13-9-17(3,4)8-12(18)15(13)20-16/h5-7,12H,8-9,18H2,1-4H3. The Morgan fingerprint density at radius 3 is 2.55 bits per heavy atom. The van der Waals surface area contributed by atoms with Crippen molar-refractivity contribution >= 4 is 11.3 Å². The van der Waals surface area contributed by atoms with Gasteiger partial charge in [0.1, 0.15) is 5.01 Å². The smallest absolute Gasteiger partial charge is 0.124 e. The number of hydrogen-bond acceptors (Lipinski definition) is 3. The summed E-state index contributed by atoms with van der Waals surface area (Å²) in [4.78, 5) is 6.22. The summed E-state index contributed by atoms with van der Waals surface area (Å²) in [5.41, 5.74) is 11.7. The Labute approximate surface area is 125 Å². The van der Waals surface area contributed by atoms with Crippen molar-refractivity contribution in [2.75, 3.05) is 0 Å². The Bertz CT molecular complexity index is 635. The van der Waals surface area contributed by atoms with Crippen molar-refractivity contribution in [2.45, 2.75) is 46.6 Å². The molecule has 0 spiro atoms. The number of thiazole rings is 1. The van der Waals surface area contributed by atoms with Crippen LogP contribution in [0.25, 0.3) is 10.6 Å². The minimum Gasteiger partial charge on any atom is -0.323 e. The van der Waals surface area contributed by atoms with Gasteiger partial charge in [-0.3, -0.25) is 0 Å². The van der Waals surface area contributed by atoms with Gasteiger partial charge in [-0.05, 0) is 43.2 Å². The lowest BCUT2D eigenvalue weighted by atomic mass is 9.77. The van der Waals surface area contributed by atoms with Crippen LogP contribution in [-0.2, 0) is 6.42 Å². The summed E-state index contributed by atoms with van der Waals surface area (Å²) in [6.45, 7) is 8.89. The third kappa shape index (κ3) is 2.29. The predicted molar refractivity (Wildman–Crippen MR) is 86.1 cm³/mol. The van der Waals surface area contributed by atoms with E-state index < -0.39 is 0 Å². The van der Waals surface area contributed by atoms with Crippen LogP contribution in [0.15, 0.2) is 18.2 Å². The number of benzene rings is 1. The fraction of sp³-hybridized carbons (Fsp3) is 0.471. The summed E-state index contributed by atoms with van der Waals surface area (Å²) < 4.78 is 0. The second kappa shape index (κ2) is 4.68. The first-order chi connectivity index (χ1) is 9.37. The van der Waals surface area contributed by atoms with Gasteiger partial charge in [0.25, 0.3) is 0 Å². The summed E-state index contributed by atoms with van der Waals surface area (Å²) >= 11 is 1.79. The van der Waals surface area contributed by atoms with E-state index >= 15 is 0 Å². The van der Waals surface area contributed by atoms with Gasteiger partial charge in [-0.2, -0.15) is 0 Å². The molecule has 0 bridgehead atoms. The highest BCUT2D eigenvalue weighted by molar-refractivity contribution is 7.15. The molecular weight excluding hydrogens is 264 g/mol. The van der Waals surface area contributed by atoms with Gasteiger partial charge in [0.05, 0.1) is 5.69 Å². The van der Waals surface area contributed by atoms with Gasteiger partial charge < -0.3 is 5.73 Å². The molecule has 1 aromatic heterocycles. The van der Waals surface area contributed by atoms with Gasteiger partial charge in [-0.15, -0.1) is 11.3 Å². The van der Waals surface area contributed by atoms with E-state index in [1.807, 2.05) is 0 Å². The van der Waals surface area contributed by atoms with E-state index in [0.29, 0.717) is 0 Å². The first-order valence-electron chi connectivity index (χ1n) is 7.19. The van der Waals surface area contributed by atoms with E-state index in [0.717, 1.165) is 17.8 Å². The lowest BCUT2D eigenvalue weighted by Crippen LogP contribution is -2.28. The topological polar surface area (TPSA) is 38.9 Å². The maximum atomic E-state index is 6.36. The van der Waals surface area contributed by atoms with Gasteiger partial charge >= 0.3 is 0 Å². The minimum absolute atomic E-state index is 0.143. The van der Waals surface area contributed by atoms with Crippen molar-refractivity contribution in [3.05, 3.63) is 39.9 Å². The molecule has 0 saturated carbocycles. The van der Waals surface area contributed by atoms with Crippen LogP contribution in [0.2, 0.25) is 0 Å².